The van der Waals surface area contributed by atoms with E-state index in [0.717, 1.165) is 25.7 Å². The molecule has 0 radical (unpaired) electrons. The molecule has 0 spiro atoms. The van der Waals surface area contributed by atoms with Crippen molar-refractivity contribution >= 4 is 17.5 Å². The summed E-state index contributed by atoms with van der Waals surface area (Å²) in [5, 5.41) is 9.72. The first-order chi connectivity index (χ1) is 13.7. The first-order valence-electron chi connectivity index (χ1n) is 11.3. The molecule has 0 unspecified atom stereocenters. The van der Waals surface area contributed by atoms with Gasteiger partial charge in [0.15, 0.2) is 5.60 Å². The predicted molar refractivity (Wildman–Crippen MR) is 108 cm³/mol. The van der Waals surface area contributed by atoms with Crippen LogP contribution in [0.2, 0.25) is 0 Å². The minimum Gasteiger partial charge on any atom is -0.450 e. The minimum atomic E-state index is -1.22. The topological polar surface area (TPSA) is 80.7 Å². The number of hydrogen-bond acceptors (Lipinski definition) is 5. The second kappa shape index (κ2) is 7.04. The van der Waals surface area contributed by atoms with Gasteiger partial charge in [-0.15, -0.1) is 0 Å². The number of hydrogen-bond donors (Lipinski definition) is 1. The van der Waals surface area contributed by atoms with Crippen LogP contribution in [0.25, 0.3) is 0 Å². The molecule has 3 saturated carbocycles. The molecule has 29 heavy (non-hydrogen) atoms. The maximum absolute atomic E-state index is 12.9. The Morgan fingerprint density at radius 3 is 2.66 bits per heavy atom. The maximum Gasteiger partial charge on any atom is 0.306 e. The van der Waals surface area contributed by atoms with Gasteiger partial charge in [-0.3, -0.25) is 14.4 Å². The van der Waals surface area contributed by atoms with Crippen LogP contribution < -0.4 is 0 Å². The molecule has 0 amide bonds. The van der Waals surface area contributed by atoms with Gasteiger partial charge in [0.1, 0.15) is 12.4 Å². The summed E-state index contributed by atoms with van der Waals surface area (Å²) < 4.78 is 5.88. The van der Waals surface area contributed by atoms with E-state index in [9.17, 15) is 19.5 Å². The van der Waals surface area contributed by atoms with Gasteiger partial charge < -0.3 is 9.84 Å². The second-order valence-electron chi connectivity index (χ2n) is 10.2. The zero-order valence-corrected chi connectivity index (χ0v) is 18.0. The Morgan fingerprint density at radius 2 is 1.97 bits per heavy atom. The van der Waals surface area contributed by atoms with E-state index in [1.54, 1.807) is 6.92 Å². The number of fused-ring (bicyclic) bond motifs is 5. The van der Waals surface area contributed by atoms with Crippen LogP contribution in [0.1, 0.15) is 78.6 Å². The Morgan fingerprint density at radius 1 is 1.21 bits per heavy atom. The van der Waals surface area contributed by atoms with Crippen molar-refractivity contribution in [2.45, 2.75) is 84.2 Å². The van der Waals surface area contributed by atoms with E-state index in [1.165, 1.54) is 5.57 Å². The Labute approximate surface area is 173 Å². The van der Waals surface area contributed by atoms with Gasteiger partial charge in [0.25, 0.3) is 0 Å². The number of aliphatic hydroxyl groups is 1. The van der Waals surface area contributed by atoms with Crippen molar-refractivity contribution in [3.05, 3.63) is 11.6 Å². The molecule has 3 fully saturated rings. The molecule has 4 aliphatic rings. The molecular formula is C24H34O5. The van der Waals surface area contributed by atoms with Crippen LogP contribution in [0.3, 0.4) is 0 Å². The Kier molecular flexibility index (Phi) is 5.04. The van der Waals surface area contributed by atoms with Gasteiger partial charge in [-0.1, -0.05) is 32.4 Å². The molecule has 0 heterocycles. The average molecular weight is 403 g/mol. The number of ether oxygens (including phenoxy) is 1. The van der Waals surface area contributed by atoms with E-state index in [0.29, 0.717) is 43.3 Å². The van der Waals surface area contributed by atoms with Crippen molar-refractivity contribution in [2.24, 2.45) is 28.6 Å². The van der Waals surface area contributed by atoms with Crippen LogP contribution in [0, 0.1) is 28.6 Å². The lowest BCUT2D eigenvalue weighted by Gasteiger charge is -2.56. The second-order valence-corrected chi connectivity index (χ2v) is 10.2. The van der Waals surface area contributed by atoms with Gasteiger partial charge in [-0.2, -0.15) is 0 Å². The lowest BCUT2D eigenvalue weighted by Crippen LogP contribution is -2.58. The number of rotatable bonds is 4. The first-order valence-corrected chi connectivity index (χ1v) is 11.3. The van der Waals surface area contributed by atoms with Crippen LogP contribution in [-0.2, 0) is 19.1 Å². The number of Topliss-reactive ketones (excluding diaryl/α,β-unsaturated/α-hetero) is 2. The quantitative estimate of drug-likeness (QED) is 0.572. The SMILES string of the molecule is CCC(=O)O[C@]1(C(=O)CO)CC[C@H]2[C@@H]3CC[C@H]4CC(=O)CC[C@]4(C)C3=CC[C@@]21C. The van der Waals surface area contributed by atoms with Gasteiger partial charge in [0, 0.05) is 24.7 Å². The van der Waals surface area contributed by atoms with Crippen molar-refractivity contribution in [1.82, 2.24) is 0 Å². The van der Waals surface area contributed by atoms with E-state index < -0.39 is 17.6 Å². The molecular weight excluding hydrogens is 368 g/mol. The molecule has 6 atom stereocenters. The fraction of sp³-hybridized carbons (Fsp3) is 0.792. The van der Waals surface area contributed by atoms with Gasteiger partial charge in [-0.05, 0) is 61.7 Å². The van der Waals surface area contributed by atoms with Crippen LogP contribution in [-0.4, -0.2) is 34.9 Å². The molecule has 1 N–H and O–H groups in total. The van der Waals surface area contributed by atoms with Crippen molar-refractivity contribution in [3.8, 4) is 0 Å². The highest BCUT2D eigenvalue weighted by Crippen LogP contribution is 2.67. The van der Waals surface area contributed by atoms with E-state index in [1.807, 2.05) is 0 Å². The summed E-state index contributed by atoms with van der Waals surface area (Å²) in [5.74, 6) is 0.731. The van der Waals surface area contributed by atoms with Crippen LogP contribution in [0.15, 0.2) is 11.6 Å². The van der Waals surface area contributed by atoms with Crippen molar-refractivity contribution in [1.29, 1.82) is 0 Å². The molecule has 5 nitrogen and oxygen atoms in total. The zero-order valence-electron chi connectivity index (χ0n) is 18.0. The minimum absolute atomic E-state index is 0.0739. The molecule has 0 saturated heterocycles. The lowest BCUT2D eigenvalue weighted by molar-refractivity contribution is -0.184. The molecule has 0 bridgehead atoms. The summed E-state index contributed by atoms with van der Waals surface area (Å²) in [6.07, 6.45) is 8.92. The third-order valence-electron chi connectivity index (χ3n) is 9.13. The van der Waals surface area contributed by atoms with E-state index in [2.05, 4.69) is 19.9 Å². The standard InChI is InChI=1S/C24H34O5/c1-4-21(28)29-24(20(27)14-25)12-9-19-17-6-5-15-13-16(26)7-10-22(15,2)18(17)8-11-23(19,24)3/h8,15,17,19,25H,4-7,9-14H2,1-3H3/t15-,17+,19-,22-,23-,24-/m0/s1. The fourth-order valence-electron chi connectivity index (χ4n) is 7.39. The number of carbonyl (C=O) groups is 3. The Balaban J connectivity index is 1.73. The first kappa shape index (κ1) is 20.8. The molecule has 0 aromatic heterocycles. The van der Waals surface area contributed by atoms with Crippen LogP contribution in [0.4, 0.5) is 0 Å². The van der Waals surface area contributed by atoms with Gasteiger partial charge in [0.05, 0.1) is 0 Å². The van der Waals surface area contributed by atoms with Crippen molar-refractivity contribution < 1.29 is 24.2 Å². The van der Waals surface area contributed by atoms with Gasteiger partial charge in [-0.25, -0.2) is 0 Å². The van der Waals surface area contributed by atoms with Crippen LogP contribution >= 0.6 is 0 Å². The summed E-state index contributed by atoms with van der Waals surface area (Å²) in [6, 6.07) is 0. The highest BCUT2D eigenvalue weighted by molar-refractivity contribution is 5.92. The Hall–Kier alpha value is -1.49. The largest absolute Gasteiger partial charge is 0.450 e. The van der Waals surface area contributed by atoms with Crippen LogP contribution in [0.5, 0.6) is 0 Å². The molecule has 160 valence electrons. The summed E-state index contributed by atoms with van der Waals surface area (Å²) in [4.78, 5) is 37.3. The normalized spacial score (nSPS) is 43.7. The molecule has 4 rings (SSSR count). The Bertz CT molecular complexity index is 769. The molecule has 4 aliphatic carbocycles. The van der Waals surface area contributed by atoms with Gasteiger partial charge >= 0.3 is 5.97 Å². The molecule has 0 aromatic carbocycles. The average Bonchev–Trinajstić information content (AvgIpc) is 3.01. The highest BCUT2D eigenvalue weighted by atomic mass is 16.6. The molecule has 0 aromatic rings. The smallest absolute Gasteiger partial charge is 0.306 e. The number of esters is 1. The maximum atomic E-state index is 12.9. The van der Waals surface area contributed by atoms with E-state index in [-0.39, 0.29) is 29.5 Å². The number of carbonyl (C=O) groups excluding carboxylic acids is 3. The number of ketones is 2. The summed E-state index contributed by atoms with van der Waals surface area (Å²) in [7, 11) is 0. The molecule has 5 heteroatoms. The number of aliphatic hydroxyl groups excluding tert-OH is 1. The van der Waals surface area contributed by atoms with E-state index in [4.69, 9.17) is 4.74 Å². The van der Waals surface area contributed by atoms with Gasteiger partial charge in [0.2, 0.25) is 5.78 Å². The summed E-state index contributed by atoms with van der Waals surface area (Å²) >= 11 is 0. The van der Waals surface area contributed by atoms with E-state index >= 15 is 0 Å². The third-order valence-corrected chi connectivity index (χ3v) is 9.13. The lowest BCUT2D eigenvalue weighted by atomic mass is 9.48. The monoisotopic (exact) mass is 402 g/mol. The zero-order chi connectivity index (χ0) is 21.0. The predicted octanol–water partition coefficient (Wildman–Crippen LogP) is 3.77. The fourth-order valence-corrected chi connectivity index (χ4v) is 7.39. The third kappa shape index (κ3) is 2.79. The summed E-state index contributed by atoms with van der Waals surface area (Å²) in [6.45, 7) is 5.57. The highest BCUT2D eigenvalue weighted by Gasteiger charge is 2.67. The van der Waals surface area contributed by atoms with Crippen molar-refractivity contribution in [3.63, 3.8) is 0 Å². The summed E-state index contributed by atoms with van der Waals surface area (Å²) in [5.41, 5.74) is -0.149. The molecule has 0 aliphatic heterocycles. The number of allylic oxidation sites excluding steroid dienone is 2. The van der Waals surface area contributed by atoms with Crippen molar-refractivity contribution in [2.75, 3.05) is 6.61 Å².